The Morgan fingerprint density at radius 3 is 2.35 bits per heavy atom. The van der Waals surface area contributed by atoms with Crippen LogP contribution in [0.2, 0.25) is 0 Å². The number of hydrogen-bond acceptors (Lipinski definition) is 6. The minimum atomic E-state index is -0.0324. The molecule has 0 aliphatic heterocycles. The Bertz CT molecular complexity index is 758. The Morgan fingerprint density at radius 1 is 1.08 bits per heavy atom. The first-order valence-electron chi connectivity index (χ1n) is 8.36. The molecule has 2 aromatic rings. The molecule has 140 valence electrons. The largest absolute Gasteiger partial charge is 0.493 e. The van der Waals surface area contributed by atoms with E-state index in [2.05, 4.69) is 15.3 Å². The van der Waals surface area contributed by atoms with Gasteiger partial charge in [-0.05, 0) is 50.5 Å². The highest BCUT2D eigenvalue weighted by Gasteiger charge is 2.09. The van der Waals surface area contributed by atoms with E-state index >= 15 is 0 Å². The lowest BCUT2D eigenvalue weighted by atomic mass is 10.1. The molecule has 0 saturated heterocycles. The maximum absolute atomic E-state index is 12.0. The SMILES string of the molecule is COc1ccc(CCNC(=O)CSc2nc(C)c(C)c(C)n2)cc1OC. The molecule has 0 saturated carbocycles. The quantitative estimate of drug-likeness (QED) is 0.565. The molecule has 1 heterocycles. The Hall–Kier alpha value is -2.28. The predicted octanol–water partition coefficient (Wildman–Crippen LogP) is 2.87. The lowest BCUT2D eigenvalue weighted by Crippen LogP contribution is -2.27. The van der Waals surface area contributed by atoms with Crippen LogP contribution in [0, 0.1) is 20.8 Å². The molecule has 0 unspecified atom stereocenters. The number of rotatable bonds is 8. The summed E-state index contributed by atoms with van der Waals surface area (Å²) >= 11 is 1.35. The average molecular weight is 375 g/mol. The fourth-order valence-corrected chi connectivity index (χ4v) is 3.13. The summed E-state index contributed by atoms with van der Waals surface area (Å²) in [7, 11) is 3.22. The first kappa shape index (κ1) is 20.0. The Labute approximate surface area is 158 Å². The van der Waals surface area contributed by atoms with Gasteiger partial charge < -0.3 is 14.8 Å². The fraction of sp³-hybridized carbons (Fsp3) is 0.421. The number of aromatic nitrogens is 2. The van der Waals surface area contributed by atoms with E-state index < -0.39 is 0 Å². The summed E-state index contributed by atoms with van der Waals surface area (Å²) in [4.78, 5) is 20.9. The van der Waals surface area contributed by atoms with E-state index in [1.165, 1.54) is 11.8 Å². The van der Waals surface area contributed by atoms with E-state index in [9.17, 15) is 4.79 Å². The van der Waals surface area contributed by atoms with Crippen molar-refractivity contribution in [1.82, 2.24) is 15.3 Å². The first-order chi connectivity index (χ1) is 12.4. The van der Waals surface area contributed by atoms with Crippen molar-refractivity contribution < 1.29 is 14.3 Å². The van der Waals surface area contributed by atoms with Crippen molar-refractivity contribution in [3.8, 4) is 11.5 Å². The van der Waals surface area contributed by atoms with Gasteiger partial charge in [-0.25, -0.2) is 9.97 Å². The van der Waals surface area contributed by atoms with Crippen LogP contribution in [0.1, 0.15) is 22.5 Å². The third kappa shape index (κ3) is 5.36. The summed E-state index contributed by atoms with van der Waals surface area (Å²) in [6.07, 6.45) is 0.718. The monoisotopic (exact) mass is 375 g/mol. The molecule has 2 rings (SSSR count). The van der Waals surface area contributed by atoms with Gasteiger partial charge in [0, 0.05) is 17.9 Å². The molecule has 26 heavy (non-hydrogen) atoms. The number of carbonyl (C=O) groups excluding carboxylic acids is 1. The van der Waals surface area contributed by atoms with Crippen LogP contribution >= 0.6 is 11.8 Å². The second-order valence-corrected chi connectivity index (χ2v) is 6.82. The molecule has 1 amide bonds. The van der Waals surface area contributed by atoms with Gasteiger partial charge in [0.05, 0.1) is 20.0 Å². The molecule has 0 atom stereocenters. The summed E-state index contributed by atoms with van der Waals surface area (Å²) < 4.78 is 10.5. The highest BCUT2D eigenvalue weighted by atomic mass is 32.2. The van der Waals surface area contributed by atoms with Crippen LogP contribution in [-0.2, 0) is 11.2 Å². The number of hydrogen-bond donors (Lipinski definition) is 1. The van der Waals surface area contributed by atoms with Crippen molar-refractivity contribution in [3.63, 3.8) is 0 Å². The molecule has 0 spiro atoms. The van der Waals surface area contributed by atoms with Crippen molar-refractivity contribution in [3.05, 3.63) is 40.7 Å². The zero-order chi connectivity index (χ0) is 19.1. The van der Waals surface area contributed by atoms with E-state index in [-0.39, 0.29) is 5.91 Å². The minimum absolute atomic E-state index is 0.0324. The molecule has 0 aliphatic rings. The number of amides is 1. The number of carbonyl (C=O) groups is 1. The number of aryl methyl sites for hydroxylation is 2. The van der Waals surface area contributed by atoms with E-state index in [1.807, 2.05) is 39.0 Å². The van der Waals surface area contributed by atoms with Crippen LogP contribution in [0.5, 0.6) is 11.5 Å². The first-order valence-corrected chi connectivity index (χ1v) is 9.35. The molecule has 1 aromatic heterocycles. The van der Waals surface area contributed by atoms with Crippen LogP contribution in [-0.4, -0.2) is 42.4 Å². The average Bonchev–Trinajstić information content (AvgIpc) is 2.64. The van der Waals surface area contributed by atoms with Gasteiger partial charge in [0.2, 0.25) is 5.91 Å². The highest BCUT2D eigenvalue weighted by Crippen LogP contribution is 2.27. The molecule has 6 nitrogen and oxygen atoms in total. The maximum atomic E-state index is 12.0. The molecular formula is C19H25N3O3S. The number of ether oxygens (including phenoxy) is 2. The van der Waals surface area contributed by atoms with Gasteiger partial charge in [-0.15, -0.1) is 0 Å². The summed E-state index contributed by atoms with van der Waals surface area (Å²) in [6.45, 7) is 6.47. The summed E-state index contributed by atoms with van der Waals surface area (Å²) in [6, 6.07) is 5.75. The predicted molar refractivity (Wildman–Crippen MR) is 103 cm³/mol. The van der Waals surface area contributed by atoms with E-state index in [0.717, 1.165) is 28.9 Å². The zero-order valence-electron chi connectivity index (χ0n) is 15.9. The van der Waals surface area contributed by atoms with Gasteiger partial charge in [-0.3, -0.25) is 4.79 Å². The topological polar surface area (TPSA) is 73.3 Å². The summed E-state index contributed by atoms with van der Waals surface area (Å²) in [5.74, 6) is 1.65. The molecule has 0 radical (unpaired) electrons. The standard InChI is InChI=1S/C19H25N3O3S/c1-12-13(2)21-19(22-14(12)3)26-11-18(23)20-9-8-15-6-7-16(24-4)17(10-15)25-5/h6-7,10H,8-9,11H2,1-5H3,(H,20,23). The normalized spacial score (nSPS) is 10.5. The molecule has 0 aliphatic carbocycles. The van der Waals surface area contributed by atoms with Crippen molar-refractivity contribution in [2.24, 2.45) is 0 Å². The zero-order valence-corrected chi connectivity index (χ0v) is 16.7. The third-order valence-corrected chi connectivity index (χ3v) is 4.98. The number of thioether (sulfide) groups is 1. The number of benzene rings is 1. The van der Waals surface area contributed by atoms with E-state index in [1.54, 1.807) is 14.2 Å². The molecule has 7 heteroatoms. The molecule has 0 fully saturated rings. The maximum Gasteiger partial charge on any atom is 0.230 e. The molecular weight excluding hydrogens is 350 g/mol. The summed E-state index contributed by atoms with van der Waals surface area (Å²) in [5.41, 5.74) is 4.07. The van der Waals surface area contributed by atoms with Crippen LogP contribution in [0.4, 0.5) is 0 Å². The smallest absolute Gasteiger partial charge is 0.230 e. The Balaban J connectivity index is 1.80. The van der Waals surface area contributed by atoms with E-state index in [0.29, 0.717) is 29.0 Å². The van der Waals surface area contributed by atoms with Gasteiger partial charge >= 0.3 is 0 Å². The Morgan fingerprint density at radius 2 is 1.73 bits per heavy atom. The van der Waals surface area contributed by atoms with Crippen LogP contribution in [0.25, 0.3) is 0 Å². The van der Waals surface area contributed by atoms with Crippen LogP contribution in [0.15, 0.2) is 23.4 Å². The van der Waals surface area contributed by atoms with Gasteiger partial charge in [-0.2, -0.15) is 0 Å². The van der Waals surface area contributed by atoms with Crippen LogP contribution in [0.3, 0.4) is 0 Å². The lowest BCUT2D eigenvalue weighted by Gasteiger charge is -2.10. The highest BCUT2D eigenvalue weighted by molar-refractivity contribution is 7.99. The fourth-order valence-electron chi connectivity index (χ4n) is 2.37. The minimum Gasteiger partial charge on any atom is -0.493 e. The van der Waals surface area contributed by atoms with Crippen molar-refractivity contribution in [2.75, 3.05) is 26.5 Å². The number of nitrogens with zero attached hydrogens (tertiary/aromatic N) is 2. The van der Waals surface area contributed by atoms with Crippen molar-refractivity contribution in [1.29, 1.82) is 0 Å². The van der Waals surface area contributed by atoms with Crippen molar-refractivity contribution in [2.45, 2.75) is 32.3 Å². The number of methoxy groups -OCH3 is 2. The van der Waals surface area contributed by atoms with Gasteiger partial charge in [0.15, 0.2) is 16.7 Å². The molecule has 0 bridgehead atoms. The molecule has 1 N–H and O–H groups in total. The van der Waals surface area contributed by atoms with Crippen LogP contribution < -0.4 is 14.8 Å². The molecule has 1 aromatic carbocycles. The van der Waals surface area contributed by atoms with Gasteiger partial charge in [0.1, 0.15) is 0 Å². The second kappa shape index (κ2) is 9.43. The second-order valence-electron chi connectivity index (χ2n) is 5.88. The summed E-state index contributed by atoms with van der Waals surface area (Å²) in [5, 5.41) is 3.56. The van der Waals surface area contributed by atoms with Gasteiger partial charge in [-0.1, -0.05) is 17.8 Å². The lowest BCUT2D eigenvalue weighted by molar-refractivity contribution is -0.118. The number of nitrogens with one attached hydrogen (secondary N) is 1. The third-order valence-electron chi connectivity index (χ3n) is 4.13. The van der Waals surface area contributed by atoms with E-state index in [4.69, 9.17) is 9.47 Å². The Kier molecular flexibility index (Phi) is 7.26. The van der Waals surface area contributed by atoms with Gasteiger partial charge in [0.25, 0.3) is 0 Å². The van der Waals surface area contributed by atoms with Crippen molar-refractivity contribution >= 4 is 17.7 Å².